The summed E-state index contributed by atoms with van der Waals surface area (Å²) in [4.78, 5) is 40.3. The van der Waals surface area contributed by atoms with E-state index in [9.17, 15) is 55.2 Å². The number of hydrogen-bond donors (Lipinski definition) is 10. The van der Waals surface area contributed by atoms with Crippen molar-refractivity contribution in [2.75, 3.05) is 30.9 Å². The molecule has 15 heteroatoms. The van der Waals surface area contributed by atoms with Crippen molar-refractivity contribution in [1.82, 2.24) is 0 Å². The largest absolute Gasteiger partial charge is 0.508 e. The number of ether oxygens (including phenoxy) is 1. The van der Waals surface area contributed by atoms with Gasteiger partial charge in [0, 0.05) is 62.3 Å². The highest BCUT2D eigenvalue weighted by Gasteiger charge is 2.60. The Bertz CT molecular complexity index is 1820. The van der Waals surface area contributed by atoms with Crippen molar-refractivity contribution in [3.63, 3.8) is 0 Å². The van der Waals surface area contributed by atoms with Crippen molar-refractivity contribution < 1.29 is 60.0 Å². The fraction of sp³-hybridized carbons (Fsp3) is 0.457. The zero-order chi connectivity index (χ0) is 36.4. The van der Waals surface area contributed by atoms with Gasteiger partial charge in [0.2, 0.25) is 5.78 Å². The standard InChI is InChI=1S/C35H41N3O12/c1-38(2)20-11-19(37-12-14-5-3-4-6-22(14)50-23-9-16(13-39)27(41)31(45)29(23)43)28(42)25-18(20)8-15-7-17-10-21(40)26(34(36)48)33(47)35(17,49)32(46)24(15)30(25)44/h3-6,11,15-17,23,27,29,31,37,39,41-45,47,49H,7-10,12-13H2,1-2H3,(H2,36,48)/t15-,16+,17+,23+,27-,29+,31-,35+/m1/s1. The van der Waals surface area contributed by atoms with Gasteiger partial charge in [0.05, 0.1) is 17.4 Å². The predicted molar refractivity (Wildman–Crippen MR) is 177 cm³/mol. The molecule has 0 aliphatic heterocycles. The molecular formula is C35H41N3O12. The zero-order valence-corrected chi connectivity index (χ0v) is 27.4. The number of aliphatic hydroxyl groups excluding tert-OH is 6. The number of nitrogens with one attached hydrogen (secondary N) is 1. The molecule has 0 unspecified atom stereocenters. The van der Waals surface area contributed by atoms with Gasteiger partial charge < -0.3 is 61.5 Å². The highest BCUT2D eigenvalue weighted by molar-refractivity contribution is 6.22. The van der Waals surface area contributed by atoms with Crippen LogP contribution in [-0.2, 0) is 27.3 Å². The first-order valence-corrected chi connectivity index (χ1v) is 16.3. The van der Waals surface area contributed by atoms with Crippen LogP contribution in [0, 0.1) is 17.8 Å². The van der Waals surface area contributed by atoms with Crippen molar-refractivity contribution in [3.8, 4) is 11.5 Å². The lowest BCUT2D eigenvalue weighted by molar-refractivity contribution is -0.157. The Morgan fingerprint density at radius 1 is 1.04 bits per heavy atom. The number of amides is 1. The molecule has 0 bridgehead atoms. The first-order chi connectivity index (χ1) is 23.6. The molecular weight excluding hydrogens is 654 g/mol. The lowest BCUT2D eigenvalue weighted by Crippen LogP contribution is -2.58. The van der Waals surface area contributed by atoms with E-state index < -0.39 is 101 Å². The molecule has 4 aliphatic rings. The summed E-state index contributed by atoms with van der Waals surface area (Å²) in [5, 5.41) is 89.5. The molecule has 50 heavy (non-hydrogen) atoms. The molecule has 15 nitrogen and oxygen atoms in total. The van der Waals surface area contributed by atoms with E-state index in [1.54, 1.807) is 49.3 Å². The quantitative estimate of drug-likeness (QED) is 0.128. The lowest BCUT2D eigenvalue weighted by atomic mass is 9.59. The summed E-state index contributed by atoms with van der Waals surface area (Å²) in [7, 11) is 3.52. The number of phenolic OH excluding ortho intramolecular Hbond substituents is 1. The molecule has 2 fully saturated rings. The van der Waals surface area contributed by atoms with Gasteiger partial charge in [-0.1, -0.05) is 18.2 Å². The summed E-state index contributed by atoms with van der Waals surface area (Å²) in [5.74, 6) is -7.49. The van der Waals surface area contributed by atoms with Crippen molar-refractivity contribution in [2.24, 2.45) is 23.5 Å². The number of nitrogens with zero attached hydrogens (tertiary/aromatic N) is 1. The minimum atomic E-state index is -2.67. The summed E-state index contributed by atoms with van der Waals surface area (Å²) in [6, 6.07) is 8.48. The molecule has 1 amide bonds. The van der Waals surface area contributed by atoms with Crippen LogP contribution < -0.4 is 20.7 Å². The molecule has 2 aromatic carbocycles. The van der Waals surface area contributed by atoms with Crippen molar-refractivity contribution in [2.45, 2.75) is 62.2 Å². The van der Waals surface area contributed by atoms with E-state index in [1.165, 1.54) is 0 Å². The molecule has 268 valence electrons. The third-order valence-electron chi connectivity index (χ3n) is 10.6. The van der Waals surface area contributed by atoms with Crippen molar-refractivity contribution >= 4 is 34.6 Å². The number of aliphatic hydroxyl groups is 7. The molecule has 4 aliphatic carbocycles. The average molecular weight is 696 g/mol. The molecule has 0 saturated heterocycles. The number of aromatic hydroxyl groups is 1. The number of anilines is 2. The number of Topliss-reactive ketones (excluding diaryl/α,β-unsaturated/α-hetero) is 2. The number of nitrogens with two attached hydrogens (primary N) is 1. The Hall–Kier alpha value is -4.67. The number of carbonyl (C=O) groups excluding carboxylic acids is 3. The monoisotopic (exact) mass is 695 g/mol. The number of primary amides is 1. The van der Waals surface area contributed by atoms with E-state index in [0.29, 0.717) is 22.6 Å². The summed E-state index contributed by atoms with van der Waals surface area (Å²) in [6.07, 6.45) is -5.39. The first kappa shape index (κ1) is 35.2. The van der Waals surface area contributed by atoms with Crippen LogP contribution in [0.5, 0.6) is 11.5 Å². The molecule has 11 N–H and O–H groups in total. The molecule has 0 spiro atoms. The van der Waals surface area contributed by atoms with E-state index in [4.69, 9.17) is 10.5 Å². The normalized spacial score (nSPS) is 30.7. The van der Waals surface area contributed by atoms with Crippen LogP contribution in [0.2, 0.25) is 0 Å². The average Bonchev–Trinajstić information content (AvgIpc) is 3.06. The Labute approximate surface area is 286 Å². The maximum Gasteiger partial charge on any atom is 0.255 e. The molecule has 2 saturated carbocycles. The first-order valence-electron chi connectivity index (χ1n) is 16.3. The van der Waals surface area contributed by atoms with Gasteiger partial charge in [-0.15, -0.1) is 0 Å². The highest BCUT2D eigenvalue weighted by Crippen LogP contribution is 2.54. The third kappa shape index (κ3) is 5.45. The summed E-state index contributed by atoms with van der Waals surface area (Å²) in [6.45, 7) is -0.364. The van der Waals surface area contributed by atoms with Gasteiger partial charge in [-0.2, -0.15) is 0 Å². The smallest absolute Gasteiger partial charge is 0.255 e. The minimum Gasteiger partial charge on any atom is -0.508 e. The van der Waals surface area contributed by atoms with E-state index in [0.717, 1.165) is 0 Å². The Morgan fingerprint density at radius 3 is 2.40 bits per heavy atom. The van der Waals surface area contributed by atoms with Gasteiger partial charge in [0.15, 0.2) is 11.4 Å². The number of para-hydroxylation sites is 1. The number of phenols is 1. The summed E-state index contributed by atoms with van der Waals surface area (Å²) < 4.78 is 6.07. The van der Waals surface area contributed by atoms with Crippen LogP contribution in [-0.4, -0.2) is 109 Å². The van der Waals surface area contributed by atoms with Crippen LogP contribution in [0.4, 0.5) is 11.4 Å². The maximum absolute atomic E-state index is 13.9. The predicted octanol–water partition coefficient (Wildman–Crippen LogP) is -0.0557. The summed E-state index contributed by atoms with van der Waals surface area (Å²) in [5.41, 5.74) is 3.26. The fourth-order valence-electron chi connectivity index (χ4n) is 7.90. The van der Waals surface area contributed by atoms with Gasteiger partial charge in [0.1, 0.15) is 46.9 Å². The van der Waals surface area contributed by atoms with E-state index in [-0.39, 0.29) is 42.6 Å². The summed E-state index contributed by atoms with van der Waals surface area (Å²) >= 11 is 0. The topological polar surface area (TPSA) is 264 Å². The zero-order valence-electron chi connectivity index (χ0n) is 27.4. The lowest BCUT2D eigenvalue weighted by Gasteiger charge is -2.46. The Kier molecular flexibility index (Phi) is 9.07. The second-order valence-electron chi connectivity index (χ2n) is 13.7. The Morgan fingerprint density at radius 2 is 1.74 bits per heavy atom. The molecule has 6 rings (SSSR count). The van der Waals surface area contributed by atoms with Crippen LogP contribution in [0.25, 0.3) is 5.76 Å². The highest BCUT2D eigenvalue weighted by atomic mass is 16.5. The van der Waals surface area contributed by atoms with Crippen molar-refractivity contribution in [3.05, 3.63) is 63.9 Å². The Balaban J connectivity index is 1.34. The van der Waals surface area contributed by atoms with E-state index in [2.05, 4.69) is 5.32 Å². The van der Waals surface area contributed by atoms with Gasteiger partial charge >= 0.3 is 0 Å². The van der Waals surface area contributed by atoms with Gasteiger partial charge in [-0.05, 0) is 42.9 Å². The molecule has 0 radical (unpaired) electrons. The second-order valence-corrected chi connectivity index (χ2v) is 13.7. The number of hydrogen-bond acceptors (Lipinski definition) is 14. The molecule has 8 atom stereocenters. The number of ketones is 2. The van der Waals surface area contributed by atoms with E-state index >= 15 is 0 Å². The molecule has 2 aromatic rings. The van der Waals surface area contributed by atoms with Gasteiger partial charge in [0.25, 0.3) is 5.91 Å². The van der Waals surface area contributed by atoms with Crippen LogP contribution >= 0.6 is 0 Å². The number of carbonyl (C=O) groups is 3. The third-order valence-corrected chi connectivity index (χ3v) is 10.6. The fourth-order valence-corrected chi connectivity index (χ4v) is 7.90. The number of fused-ring (bicyclic) bond motifs is 3. The van der Waals surface area contributed by atoms with Crippen molar-refractivity contribution in [1.29, 1.82) is 0 Å². The second kappa shape index (κ2) is 12.9. The maximum atomic E-state index is 13.9. The van der Waals surface area contributed by atoms with Crippen LogP contribution in [0.3, 0.4) is 0 Å². The van der Waals surface area contributed by atoms with Crippen LogP contribution in [0.1, 0.15) is 36.0 Å². The van der Waals surface area contributed by atoms with Crippen LogP contribution in [0.15, 0.2) is 47.2 Å². The number of benzene rings is 2. The molecule has 0 aromatic heterocycles. The van der Waals surface area contributed by atoms with Gasteiger partial charge in [-0.25, -0.2) is 0 Å². The molecule has 0 heterocycles. The van der Waals surface area contributed by atoms with E-state index in [1.807, 2.05) is 0 Å². The van der Waals surface area contributed by atoms with Gasteiger partial charge in [-0.3, -0.25) is 14.4 Å². The minimum absolute atomic E-state index is 0.0120. The number of rotatable bonds is 8. The SMILES string of the molecule is CN(C)c1cc(NCc2ccccc2O[C@H]2C[C@@H](CO)[C@@H](O)[C@@H](O)[C@H]2O)c(O)c2c1C[C@H]1C[C@H]3CC(=O)C(C(N)=O)=C(O)[C@@]3(O)C(=O)C1=C2O.